The quantitative estimate of drug-likeness (QED) is 0.596. The van der Waals surface area contributed by atoms with Gasteiger partial charge in [0.25, 0.3) is 0 Å². The van der Waals surface area contributed by atoms with Gasteiger partial charge in [0.2, 0.25) is 0 Å². The van der Waals surface area contributed by atoms with Gasteiger partial charge in [-0.15, -0.1) is 0 Å². The number of benzene rings is 1. The summed E-state index contributed by atoms with van der Waals surface area (Å²) in [4.78, 5) is 0. The molecular formula is C12H15F2N. The molecule has 1 aromatic carbocycles. The lowest BCUT2D eigenvalue weighted by molar-refractivity contribution is 0.564. The molecule has 3 heteroatoms. The van der Waals surface area contributed by atoms with Gasteiger partial charge in [-0.25, -0.2) is 8.78 Å². The van der Waals surface area contributed by atoms with E-state index in [0.717, 1.165) is 6.07 Å². The van der Waals surface area contributed by atoms with Gasteiger partial charge >= 0.3 is 0 Å². The minimum absolute atomic E-state index is 0.413. The Morgan fingerprint density at radius 2 is 2.07 bits per heavy atom. The Bertz CT molecular complexity index is 355. The highest BCUT2D eigenvalue weighted by Crippen LogP contribution is 2.08. The first-order valence-corrected chi connectivity index (χ1v) is 4.87. The van der Waals surface area contributed by atoms with E-state index >= 15 is 0 Å². The van der Waals surface area contributed by atoms with Crippen LogP contribution in [-0.4, -0.2) is 6.54 Å². The number of rotatable bonds is 4. The number of hydrogen-bond acceptors (Lipinski definition) is 1. The molecule has 0 spiro atoms. The Kier molecular flexibility index (Phi) is 4.43. The van der Waals surface area contributed by atoms with E-state index in [9.17, 15) is 8.78 Å². The smallest absolute Gasteiger partial charge is 0.130 e. The van der Waals surface area contributed by atoms with Crippen LogP contribution in [0.25, 0.3) is 0 Å². The molecule has 82 valence electrons. The van der Waals surface area contributed by atoms with Crippen molar-refractivity contribution in [2.45, 2.75) is 20.4 Å². The monoisotopic (exact) mass is 211 g/mol. The molecule has 0 fully saturated rings. The maximum atomic E-state index is 13.1. The van der Waals surface area contributed by atoms with E-state index < -0.39 is 11.6 Å². The summed E-state index contributed by atoms with van der Waals surface area (Å²) in [5.74, 6) is -1.04. The molecule has 0 radical (unpaired) electrons. The van der Waals surface area contributed by atoms with Crippen LogP contribution in [0.5, 0.6) is 0 Å². The average Bonchev–Trinajstić information content (AvgIpc) is 2.14. The normalized spacial score (nSPS) is 10.1. The molecule has 0 aromatic heterocycles. The van der Waals surface area contributed by atoms with Crippen molar-refractivity contribution < 1.29 is 8.78 Å². The molecule has 0 heterocycles. The van der Waals surface area contributed by atoms with Crippen LogP contribution in [0.2, 0.25) is 0 Å². The predicted octanol–water partition coefficient (Wildman–Crippen LogP) is 3.02. The third-order valence-electron chi connectivity index (χ3n) is 1.99. The first-order valence-electron chi connectivity index (χ1n) is 4.87. The number of halogens is 2. The summed E-state index contributed by atoms with van der Waals surface area (Å²) in [5.41, 5.74) is 1.70. The van der Waals surface area contributed by atoms with Gasteiger partial charge in [0.15, 0.2) is 0 Å². The van der Waals surface area contributed by atoms with Crippen LogP contribution >= 0.6 is 0 Å². The molecular weight excluding hydrogens is 196 g/mol. The van der Waals surface area contributed by atoms with Crippen LogP contribution in [0.4, 0.5) is 8.78 Å². The van der Waals surface area contributed by atoms with Gasteiger partial charge in [-0.05, 0) is 19.9 Å². The molecule has 0 aliphatic carbocycles. The second-order valence-corrected chi connectivity index (χ2v) is 3.65. The van der Waals surface area contributed by atoms with Gasteiger partial charge in [0.05, 0.1) is 0 Å². The van der Waals surface area contributed by atoms with Gasteiger partial charge in [0, 0.05) is 24.7 Å². The first kappa shape index (κ1) is 11.9. The molecule has 0 atom stereocenters. The number of nitrogens with one attached hydrogen (secondary N) is 1. The van der Waals surface area contributed by atoms with E-state index in [4.69, 9.17) is 0 Å². The lowest BCUT2D eigenvalue weighted by Gasteiger charge is -2.04. The number of hydrogen-bond donors (Lipinski definition) is 1. The van der Waals surface area contributed by atoms with Crippen molar-refractivity contribution in [3.05, 3.63) is 47.0 Å². The van der Waals surface area contributed by atoms with Crippen molar-refractivity contribution >= 4 is 0 Å². The van der Waals surface area contributed by atoms with Crippen LogP contribution in [0.15, 0.2) is 29.8 Å². The molecule has 0 saturated heterocycles. The van der Waals surface area contributed by atoms with Gasteiger partial charge in [0.1, 0.15) is 11.6 Å². The minimum Gasteiger partial charge on any atom is -0.309 e. The second-order valence-electron chi connectivity index (χ2n) is 3.65. The SMILES string of the molecule is CC(C)=CCNCc1ccc(F)cc1F. The molecule has 0 bridgehead atoms. The lowest BCUT2D eigenvalue weighted by Crippen LogP contribution is -2.14. The van der Waals surface area contributed by atoms with Gasteiger partial charge in [-0.3, -0.25) is 0 Å². The topological polar surface area (TPSA) is 12.0 Å². The summed E-state index contributed by atoms with van der Waals surface area (Å²) in [6.07, 6.45) is 2.02. The van der Waals surface area contributed by atoms with E-state index in [1.807, 2.05) is 19.9 Å². The summed E-state index contributed by atoms with van der Waals surface area (Å²) in [7, 11) is 0. The Balaban J connectivity index is 2.47. The van der Waals surface area contributed by atoms with E-state index in [1.165, 1.54) is 17.7 Å². The van der Waals surface area contributed by atoms with Crippen LogP contribution in [-0.2, 0) is 6.54 Å². The number of allylic oxidation sites excluding steroid dienone is 1. The van der Waals surface area contributed by atoms with Gasteiger partial charge in [-0.1, -0.05) is 17.7 Å². The van der Waals surface area contributed by atoms with E-state index in [-0.39, 0.29) is 0 Å². The molecule has 0 aliphatic rings. The predicted molar refractivity (Wildman–Crippen MR) is 57.5 cm³/mol. The van der Waals surface area contributed by atoms with E-state index in [2.05, 4.69) is 5.32 Å². The van der Waals surface area contributed by atoms with Crippen molar-refractivity contribution in [3.8, 4) is 0 Å². The molecule has 0 saturated carbocycles. The lowest BCUT2D eigenvalue weighted by atomic mass is 10.2. The van der Waals surface area contributed by atoms with Crippen LogP contribution < -0.4 is 5.32 Å². The summed E-state index contributed by atoms with van der Waals surface area (Å²) in [6.45, 7) is 5.11. The van der Waals surface area contributed by atoms with E-state index in [1.54, 1.807) is 0 Å². The third-order valence-corrected chi connectivity index (χ3v) is 1.99. The molecule has 0 aliphatic heterocycles. The van der Waals surface area contributed by atoms with E-state index in [0.29, 0.717) is 18.7 Å². The first-order chi connectivity index (χ1) is 7.09. The van der Waals surface area contributed by atoms with Crippen molar-refractivity contribution in [1.29, 1.82) is 0 Å². The highest BCUT2D eigenvalue weighted by Gasteiger charge is 2.01. The Hall–Kier alpha value is -1.22. The van der Waals surface area contributed by atoms with Crippen molar-refractivity contribution in [2.24, 2.45) is 0 Å². The average molecular weight is 211 g/mol. The molecule has 1 rings (SSSR count). The Morgan fingerprint density at radius 3 is 2.67 bits per heavy atom. The minimum atomic E-state index is -0.541. The standard InChI is InChI=1S/C12H15F2N/c1-9(2)5-6-15-8-10-3-4-11(13)7-12(10)14/h3-5,7,15H,6,8H2,1-2H3. The van der Waals surface area contributed by atoms with Crippen LogP contribution in [0.1, 0.15) is 19.4 Å². The van der Waals surface area contributed by atoms with Gasteiger partial charge in [-0.2, -0.15) is 0 Å². The maximum Gasteiger partial charge on any atom is 0.130 e. The summed E-state index contributed by atoms with van der Waals surface area (Å²) >= 11 is 0. The molecule has 1 aromatic rings. The second kappa shape index (κ2) is 5.61. The highest BCUT2D eigenvalue weighted by molar-refractivity contribution is 5.18. The fourth-order valence-electron chi connectivity index (χ4n) is 1.15. The summed E-state index contributed by atoms with van der Waals surface area (Å²) in [5, 5.41) is 3.05. The van der Waals surface area contributed by atoms with Crippen molar-refractivity contribution in [3.63, 3.8) is 0 Å². The maximum absolute atomic E-state index is 13.1. The molecule has 15 heavy (non-hydrogen) atoms. The fraction of sp³-hybridized carbons (Fsp3) is 0.333. The highest BCUT2D eigenvalue weighted by atomic mass is 19.1. The van der Waals surface area contributed by atoms with Crippen molar-refractivity contribution in [1.82, 2.24) is 5.32 Å². The van der Waals surface area contributed by atoms with Crippen molar-refractivity contribution in [2.75, 3.05) is 6.54 Å². The van der Waals surface area contributed by atoms with Gasteiger partial charge < -0.3 is 5.32 Å². The Morgan fingerprint density at radius 1 is 1.33 bits per heavy atom. The zero-order chi connectivity index (χ0) is 11.3. The summed E-state index contributed by atoms with van der Waals surface area (Å²) < 4.78 is 25.7. The molecule has 1 N–H and O–H groups in total. The third kappa shape index (κ3) is 4.21. The zero-order valence-electron chi connectivity index (χ0n) is 8.98. The summed E-state index contributed by atoms with van der Waals surface area (Å²) in [6, 6.07) is 3.62. The fourth-order valence-corrected chi connectivity index (χ4v) is 1.15. The largest absolute Gasteiger partial charge is 0.309 e. The van der Waals surface area contributed by atoms with Crippen LogP contribution in [0.3, 0.4) is 0 Å². The Labute approximate surface area is 88.8 Å². The molecule has 0 unspecified atom stereocenters. The van der Waals surface area contributed by atoms with Crippen LogP contribution in [0, 0.1) is 11.6 Å². The molecule has 1 nitrogen and oxygen atoms in total. The zero-order valence-corrected chi connectivity index (χ0v) is 8.98. The molecule has 0 amide bonds.